The molecular weight excluding hydrogens is 447 g/mol. The Morgan fingerprint density at radius 2 is 1.94 bits per heavy atom. The molecule has 0 fully saturated rings. The summed E-state index contributed by atoms with van der Waals surface area (Å²) in [4.78, 5) is 21.9. The number of hydrogen-bond acceptors (Lipinski definition) is 6. The molecule has 2 rings (SSSR count). The van der Waals surface area contributed by atoms with Crippen LogP contribution < -0.4 is 9.47 Å². The van der Waals surface area contributed by atoms with Crippen LogP contribution in [0.1, 0.15) is 18.4 Å². The number of rotatable bonds is 10. The summed E-state index contributed by atoms with van der Waals surface area (Å²) >= 11 is 5.85. The topological polar surface area (TPSA) is 108 Å². The fourth-order valence-corrected chi connectivity index (χ4v) is 2.71. The molecule has 1 N–H and O–H groups in total. The van der Waals surface area contributed by atoms with Crippen molar-refractivity contribution in [3.8, 4) is 17.2 Å². The Morgan fingerprint density at radius 3 is 2.48 bits per heavy atom. The molecule has 0 saturated heterocycles. The molecule has 1 atom stereocenters. The third-order valence-electron chi connectivity index (χ3n) is 3.97. The summed E-state index contributed by atoms with van der Waals surface area (Å²) < 4.78 is 53.9. The van der Waals surface area contributed by atoms with E-state index in [9.17, 15) is 33.2 Å². The zero-order valence-electron chi connectivity index (χ0n) is 16.0. The van der Waals surface area contributed by atoms with Crippen molar-refractivity contribution in [2.75, 3.05) is 13.7 Å². The first-order valence-corrected chi connectivity index (χ1v) is 9.12. The van der Waals surface area contributed by atoms with Gasteiger partial charge < -0.3 is 19.3 Å². The predicted octanol–water partition coefficient (Wildman–Crippen LogP) is 5.32. The molecule has 0 aliphatic carbocycles. The molecule has 168 valence electrons. The number of ether oxygens (including phenoxy) is 3. The summed E-state index contributed by atoms with van der Waals surface area (Å²) in [6.45, 7) is 0.269. The minimum Gasteiger partial charge on any atom is -0.479 e. The van der Waals surface area contributed by atoms with E-state index in [0.717, 1.165) is 24.3 Å². The van der Waals surface area contributed by atoms with Crippen LogP contribution in [-0.2, 0) is 15.7 Å². The first-order chi connectivity index (χ1) is 14.5. The smallest absolute Gasteiger partial charge is 0.416 e. The number of carbonyl (C=O) groups is 1. The third kappa shape index (κ3) is 6.72. The van der Waals surface area contributed by atoms with Crippen LogP contribution in [0.15, 0.2) is 36.4 Å². The van der Waals surface area contributed by atoms with Gasteiger partial charge in [0, 0.05) is 25.8 Å². The molecule has 1 unspecified atom stereocenters. The minimum atomic E-state index is -4.59. The van der Waals surface area contributed by atoms with E-state index < -0.39 is 34.4 Å². The van der Waals surface area contributed by atoms with E-state index in [0.29, 0.717) is 12.5 Å². The molecule has 31 heavy (non-hydrogen) atoms. The molecule has 8 nitrogen and oxygen atoms in total. The van der Waals surface area contributed by atoms with Crippen LogP contribution in [0.25, 0.3) is 0 Å². The number of carboxylic acid groups (broad SMARTS) is 1. The standard InChI is InChI=1S/C19H17ClF3NO7/c1-29-8-2-3-16(18(25)26)31-17-10-12(5-6-14(17)24(27)28)30-15-7-4-11(9-13(15)20)19(21,22)23/h4-7,9-10,16H,2-3,8H2,1H3,(H,25,26). The number of benzene rings is 2. The van der Waals surface area contributed by atoms with Gasteiger partial charge in [-0.25, -0.2) is 4.79 Å². The number of hydrogen-bond donors (Lipinski definition) is 1. The van der Waals surface area contributed by atoms with Crippen LogP contribution in [0.2, 0.25) is 5.02 Å². The maximum atomic E-state index is 12.8. The second-order valence-corrected chi connectivity index (χ2v) is 6.62. The fourth-order valence-electron chi connectivity index (χ4n) is 2.49. The molecular formula is C19H17ClF3NO7. The van der Waals surface area contributed by atoms with Crippen molar-refractivity contribution >= 4 is 23.3 Å². The van der Waals surface area contributed by atoms with Crippen molar-refractivity contribution < 1.29 is 42.2 Å². The van der Waals surface area contributed by atoms with Gasteiger partial charge in [-0.1, -0.05) is 11.6 Å². The van der Waals surface area contributed by atoms with Crippen LogP contribution in [0.4, 0.5) is 18.9 Å². The van der Waals surface area contributed by atoms with Gasteiger partial charge >= 0.3 is 17.8 Å². The molecule has 0 radical (unpaired) electrons. The lowest BCUT2D eigenvalue weighted by atomic mass is 10.2. The number of nitro benzene ring substituents is 1. The van der Waals surface area contributed by atoms with Crippen molar-refractivity contribution in [2.45, 2.75) is 25.1 Å². The van der Waals surface area contributed by atoms with E-state index >= 15 is 0 Å². The largest absolute Gasteiger partial charge is 0.479 e. The van der Waals surface area contributed by atoms with Gasteiger partial charge in [0.05, 0.1) is 15.5 Å². The lowest BCUT2D eigenvalue weighted by Gasteiger charge is -2.16. The molecule has 12 heteroatoms. The average Bonchev–Trinajstić information content (AvgIpc) is 2.68. The number of nitro groups is 1. The Labute approximate surface area is 179 Å². The van der Waals surface area contributed by atoms with Crippen LogP contribution in [-0.4, -0.2) is 35.8 Å². The summed E-state index contributed by atoms with van der Waals surface area (Å²) in [6.07, 6.45) is -5.63. The molecule has 0 aromatic heterocycles. The van der Waals surface area contributed by atoms with Crippen LogP contribution in [0, 0.1) is 10.1 Å². The van der Waals surface area contributed by atoms with Crippen molar-refractivity contribution in [1.82, 2.24) is 0 Å². The predicted molar refractivity (Wildman–Crippen MR) is 103 cm³/mol. The van der Waals surface area contributed by atoms with Crippen molar-refractivity contribution in [2.24, 2.45) is 0 Å². The molecule has 0 bridgehead atoms. The van der Waals surface area contributed by atoms with Gasteiger partial charge in [0.1, 0.15) is 11.5 Å². The summed E-state index contributed by atoms with van der Waals surface area (Å²) in [5.41, 5.74) is -1.48. The van der Waals surface area contributed by atoms with Gasteiger partial charge in [-0.05, 0) is 37.1 Å². The SMILES string of the molecule is COCCCC(Oc1cc(Oc2ccc(C(F)(F)F)cc2Cl)ccc1[N+](=O)[O-])C(=O)O. The second kappa shape index (κ2) is 10.3. The zero-order valence-corrected chi connectivity index (χ0v) is 16.8. The first kappa shape index (κ1) is 24.2. The van der Waals surface area contributed by atoms with E-state index in [1.165, 1.54) is 13.2 Å². The van der Waals surface area contributed by atoms with Crippen molar-refractivity contribution in [1.29, 1.82) is 0 Å². The molecule has 0 amide bonds. The highest BCUT2D eigenvalue weighted by atomic mass is 35.5. The van der Waals surface area contributed by atoms with E-state index in [1.807, 2.05) is 0 Å². The number of nitrogens with zero attached hydrogens (tertiary/aromatic N) is 1. The number of methoxy groups -OCH3 is 1. The van der Waals surface area contributed by atoms with Gasteiger partial charge in [-0.2, -0.15) is 13.2 Å². The summed E-state index contributed by atoms with van der Waals surface area (Å²) in [5.74, 6) is -1.90. The Morgan fingerprint density at radius 1 is 1.23 bits per heavy atom. The lowest BCUT2D eigenvalue weighted by Crippen LogP contribution is -2.27. The number of alkyl halides is 3. The lowest BCUT2D eigenvalue weighted by molar-refractivity contribution is -0.386. The summed E-state index contributed by atoms with van der Waals surface area (Å²) in [5, 5.41) is 20.3. The average molecular weight is 464 g/mol. The highest BCUT2D eigenvalue weighted by Gasteiger charge is 2.31. The molecule has 2 aromatic carbocycles. The van der Waals surface area contributed by atoms with Gasteiger partial charge in [0.2, 0.25) is 5.75 Å². The van der Waals surface area contributed by atoms with Crippen LogP contribution >= 0.6 is 11.6 Å². The summed E-state index contributed by atoms with van der Waals surface area (Å²) in [7, 11) is 1.44. The number of halogens is 4. The first-order valence-electron chi connectivity index (χ1n) is 8.74. The van der Waals surface area contributed by atoms with Crippen LogP contribution in [0.5, 0.6) is 17.2 Å². The third-order valence-corrected chi connectivity index (χ3v) is 4.27. The monoisotopic (exact) mass is 463 g/mol. The molecule has 2 aromatic rings. The fraction of sp³-hybridized carbons (Fsp3) is 0.316. The quantitative estimate of drug-likeness (QED) is 0.288. The molecule has 0 aliphatic rings. The molecule has 0 heterocycles. The summed E-state index contributed by atoms with van der Waals surface area (Å²) in [6, 6.07) is 5.71. The van der Waals surface area contributed by atoms with E-state index in [4.69, 9.17) is 25.8 Å². The van der Waals surface area contributed by atoms with Crippen molar-refractivity contribution in [3.05, 3.63) is 57.1 Å². The maximum absolute atomic E-state index is 12.8. The van der Waals surface area contributed by atoms with E-state index in [2.05, 4.69) is 0 Å². The number of carboxylic acids is 1. The van der Waals surface area contributed by atoms with E-state index in [1.54, 1.807) is 0 Å². The Kier molecular flexibility index (Phi) is 8.06. The molecule has 0 saturated carbocycles. The second-order valence-electron chi connectivity index (χ2n) is 6.21. The Hall–Kier alpha value is -3.05. The minimum absolute atomic E-state index is 0.0240. The molecule has 0 spiro atoms. The van der Waals surface area contributed by atoms with Gasteiger partial charge in [0.15, 0.2) is 6.10 Å². The van der Waals surface area contributed by atoms with E-state index in [-0.39, 0.29) is 35.3 Å². The van der Waals surface area contributed by atoms with Gasteiger partial charge in [0.25, 0.3) is 0 Å². The normalized spacial score (nSPS) is 12.3. The maximum Gasteiger partial charge on any atom is 0.416 e. The highest BCUT2D eigenvalue weighted by Crippen LogP contribution is 2.38. The Bertz CT molecular complexity index is 953. The highest BCUT2D eigenvalue weighted by molar-refractivity contribution is 6.32. The molecule has 0 aliphatic heterocycles. The Balaban J connectivity index is 2.30. The van der Waals surface area contributed by atoms with Gasteiger partial charge in [-0.3, -0.25) is 10.1 Å². The zero-order chi connectivity index (χ0) is 23.2. The van der Waals surface area contributed by atoms with Gasteiger partial charge in [-0.15, -0.1) is 0 Å². The van der Waals surface area contributed by atoms with Crippen molar-refractivity contribution in [3.63, 3.8) is 0 Å². The van der Waals surface area contributed by atoms with Crippen LogP contribution in [0.3, 0.4) is 0 Å². The number of aliphatic carboxylic acids is 1.